The maximum atomic E-state index is 6.11. The number of nitrogens with two attached hydrogens (primary N) is 2. The van der Waals surface area contributed by atoms with Crippen LogP contribution in [-0.4, -0.2) is 29.1 Å². The van der Waals surface area contributed by atoms with Crippen LogP contribution in [-0.2, 0) is 0 Å². The minimum absolute atomic E-state index is 0.0431. The van der Waals surface area contributed by atoms with E-state index in [1.165, 1.54) is 0 Å². The molecule has 0 radical (unpaired) electrons. The van der Waals surface area contributed by atoms with Gasteiger partial charge in [0.25, 0.3) is 0 Å². The van der Waals surface area contributed by atoms with Gasteiger partial charge in [-0.15, -0.1) is 0 Å². The molecule has 1 atom stereocenters. The van der Waals surface area contributed by atoms with Crippen molar-refractivity contribution in [2.24, 2.45) is 5.73 Å². The molecule has 0 amide bonds. The summed E-state index contributed by atoms with van der Waals surface area (Å²) in [5, 5.41) is 0.792. The van der Waals surface area contributed by atoms with Crippen LogP contribution >= 0.6 is 11.6 Å². The standard InChI is InChI=1S/C13H14ClN5O/c14-6-1-2-9-8(3-6)10-11(20-9)12(18-13(16)17-10)19-4-7(15)5-19/h1-2,7-8H,3-5,15H2,(H2,16,17,18). The van der Waals surface area contributed by atoms with Crippen molar-refractivity contribution in [2.75, 3.05) is 23.7 Å². The van der Waals surface area contributed by atoms with Crippen molar-refractivity contribution in [3.05, 3.63) is 28.6 Å². The Kier molecular flexibility index (Phi) is 2.46. The topological polar surface area (TPSA) is 90.3 Å². The van der Waals surface area contributed by atoms with E-state index in [2.05, 4.69) is 14.9 Å². The number of ether oxygens (including phenoxy) is 1. The predicted octanol–water partition coefficient (Wildman–Crippen LogP) is 1.09. The highest BCUT2D eigenvalue weighted by atomic mass is 35.5. The molecule has 1 fully saturated rings. The van der Waals surface area contributed by atoms with E-state index in [0.717, 1.165) is 35.4 Å². The number of nitrogen functional groups attached to an aromatic ring is 1. The molecule has 1 saturated heterocycles. The van der Waals surface area contributed by atoms with Gasteiger partial charge in [-0.1, -0.05) is 11.6 Å². The molecule has 1 aromatic heterocycles. The molecule has 0 spiro atoms. The second-order valence-electron chi connectivity index (χ2n) is 5.33. The van der Waals surface area contributed by atoms with E-state index < -0.39 is 0 Å². The van der Waals surface area contributed by atoms with Gasteiger partial charge in [0.05, 0.1) is 5.92 Å². The molecule has 1 aliphatic carbocycles. The molecule has 0 aromatic carbocycles. The van der Waals surface area contributed by atoms with Crippen molar-refractivity contribution < 1.29 is 4.74 Å². The number of nitrogens with zero attached hydrogens (tertiary/aromatic N) is 3. The Morgan fingerprint density at radius 2 is 2.10 bits per heavy atom. The van der Waals surface area contributed by atoms with Crippen LogP contribution in [0.1, 0.15) is 18.0 Å². The highest BCUT2D eigenvalue weighted by Gasteiger charge is 2.39. The third-order valence-electron chi connectivity index (χ3n) is 3.82. The van der Waals surface area contributed by atoms with Gasteiger partial charge in [0.2, 0.25) is 5.95 Å². The lowest BCUT2D eigenvalue weighted by molar-refractivity contribution is 0.417. The van der Waals surface area contributed by atoms with E-state index in [9.17, 15) is 0 Å². The predicted molar refractivity (Wildman–Crippen MR) is 76.6 cm³/mol. The first kappa shape index (κ1) is 12.0. The second kappa shape index (κ2) is 4.10. The van der Waals surface area contributed by atoms with Crippen LogP contribution in [0.3, 0.4) is 0 Å². The van der Waals surface area contributed by atoms with Gasteiger partial charge in [0, 0.05) is 24.2 Å². The third kappa shape index (κ3) is 1.68. The summed E-state index contributed by atoms with van der Waals surface area (Å²) in [5.74, 6) is 2.59. The highest BCUT2D eigenvalue weighted by Crippen LogP contribution is 2.49. The summed E-state index contributed by atoms with van der Waals surface area (Å²) in [6, 6.07) is 0.181. The Morgan fingerprint density at radius 3 is 2.85 bits per heavy atom. The molecule has 0 saturated carbocycles. The summed E-state index contributed by atoms with van der Waals surface area (Å²) < 4.78 is 5.93. The maximum Gasteiger partial charge on any atom is 0.222 e. The lowest BCUT2D eigenvalue weighted by Crippen LogP contribution is -2.56. The average molecular weight is 292 g/mol. The molecule has 3 aliphatic rings. The molecule has 0 bridgehead atoms. The van der Waals surface area contributed by atoms with Gasteiger partial charge in [0.15, 0.2) is 11.6 Å². The fourth-order valence-corrected chi connectivity index (χ4v) is 3.03. The second-order valence-corrected chi connectivity index (χ2v) is 5.81. The summed E-state index contributed by atoms with van der Waals surface area (Å²) in [6.45, 7) is 1.52. The van der Waals surface area contributed by atoms with E-state index in [0.29, 0.717) is 12.2 Å². The van der Waals surface area contributed by atoms with Crippen molar-refractivity contribution >= 4 is 23.4 Å². The first-order valence-corrected chi connectivity index (χ1v) is 6.91. The molecular formula is C13H14ClN5O. The highest BCUT2D eigenvalue weighted by molar-refractivity contribution is 6.29. The van der Waals surface area contributed by atoms with Crippen molar-refractivity contribution in [2.45, 2.75) is 18.4 Å². The Hall–Kier alpha value is -1.79. The molecule has 1 aromatic rings. The van der Waals surface area contributed by atoms with E-state index in [1.807, 2.05) is 12.2 Å². The normalized spacial score (nSPS) is 24.3. The number of allylic oxidation sites excluding steroid dienone is 4. The minimum Gasteiger partial charge on any atom is -0.455 e. The van der Waals surface area contributed by atoms with Gasteiger partial charge in [-0.2, -0.15) is 4.98 Å². The number of halogens is 1. The van der Waals surface area contributed by atoms with Crippen LogP contribution in [0, 0.1) is 0 Å². The van der Waals surface area contributed by atoms with Crippen LogP contribution in [0.2, 0.25) is 0 Å². The summed E-state index contributed by atoms with van der Waals surface area (Å²) in [5.41, 5.74) is 12.5. The average Bonchev–Trinajstić information content (AvgIpc) is 2.72. The van der Waals surface area contributed by atoms with Gasteiger partial charge in [-0.25, -0.2) is 4.98 Å². The molecule has 1 unspecified atom stereocenters. The molecular weight excluding hydrogens is 278 g/mol. The first-order valence-electron chi connectivity index (χ1n) is 6.54. The van der Waals surface area contributed by atoms with E-state index >= 15 is 0 Å². The number of aromatic nitrogens is 2. The summed E-state index contributed by atoms with van der Waals surface area (Å²) in [6.07, 6.45) is 4.44. The fourth-order valence-electron chi connectivity index (χ4n) is 2.81. The van der Waals surface area contributed by atoms with Crippen LogP contribution in [0.25, 0.3) is 0 Å². The van der Waals surface area contributed by atoms with E-state index in [-0.39, 0.29) is 17.9 Å². The van der Waals surface area contributed by atoms with E-state index in [4.69, 9.17) is 27.8 Å². The van der Waals surface area contributed by atoms with Gasteiger partial charge < -0.3 is 21.1 Å². The minimum atomic E-state index is 0.0431. The molecule has 4 rings (SSSR count). The smallest absolute Gasteiger partial charge is 0.222 e. The van der Waals surface area contributed by atoms with Gasteiger partial charge >= 0.3 is 0 Å². The zero-order valence-electron chi connectivity index (χ0n) is 10.7. The molecule has 104 valence electrons. The largest absolute Gasteiger partial charge is 0.455 e. The SMILES string of the molecule is Nc1nc2c(c(N3CC(N)C3)n1)OC1=CC=C(Cl)CC12. The van der Waals surface area contributed by atoms with E-state index in [1.54, 1.807) is 0 Å². The third-order valence-corrected chi connectivity index (χ3v) is 4.10. The van der Waals surface area contributed by atoms with Crippen LogP contribution < -0.4 is 21.1 Å². The Labute approximate surface area is 121 Å². The molecule has 20 heavy (non-hydrogen) atoms. The molecule has 3 heterocycles. The molecule has 2 aliphatic heterocycles. The number of fused-ring (bicyclic) bond motifs is 3. The van der Waals surface area contributed by atoms with Gasteiger partial charge in [-0.3, -0.25) is 0 Å². The lowest BCUT2D eigenvalue weighted by Gasteiger charge is -2.38. The first-order chi connectivity index (χ1) is 9.61. The molecule has 4 N–H and O–H groups in total. The number of anilines is 2. The Morgan fingerprint density at radius 1 is 1.30 bits per heavy atom. The fraction of sp³-hybridized carbons (Fsp3) is 0.385. The Balaban J connectivity index is 1.78. The zero-order chi connectivity index (χ0) is 13.9. The van der Waals surface area contributed by atoms with Crippen LogP contribution in [0.15, 0.2) is 22.9 Å². The van der Waals surface area contributed by atoms with Gasteiger partial charge in [0.1, 0.15) is 11.5 Å². The zero-order valence-corrected chi connectivity index (χ0v) is 11.5. The number of hydrogen-bond donors (Lipinski definition) is 2. The number of hydrogen-bond acceptors (Lipinski definition) is 6. The van der Waals surface area contributed by atoms with Crippen LogP contribution in [0.5, 0.6) is 5.75 Å². The van der Waals surface area contributed by atoms with Crippen molar-refractivity contribution in [3.63, 3.8) is 0 Å². The maximum absolute atomic E-state index is 6.11. The lowest BCUT2D eigenvalue weighted by atomic mass is 9.96. The van der Waals surface area contributed by atoms with Crippen molar-refractivity contribution in [1.82, 2.24) is 9.97 Å². The number of rotatable bonds is 1. The monoisotopic (exact) mass is 291 g/mol. The summed E-state index contributed by atoms with van der Waals surface area (Å²) in [4.78, 5) is 10.7. The molecule has 6 nitrogen and oxygen atoms in total. The van der Waals surface area contributed by atoms with Crippen molar-refractivity contribution in [1.29, 1.82) is 0 Å². The van der Waals surface area contributed by atoms with Gasteiger partial charge in [-0.05, 0) is 18.6 Å². The summed E-state index contributed by atoms with van der Waals surface area (Å²) >= 11 is 6.11. The summed E-state index contributed by atoms with van der Waals surface area (Å²) in [7, 11) is 0. The van der Waals surface area contributed by atoms with Crippen LogP contribution in [0.4, 0.5) is 11.8 Å². The quantitative estimate of drug-likeness (QED) is 0.805. The Bertz CT molecular complexity index is 650. The van der Waals surface area contributed by atoms with Crippen molar-refractivity contribution in [3.8, 4) is 5.75 Å². The molecule has 7 heteroatoms.